The second kappa shape index (κ2) is 11.5. The zero-order valence-electron chi connectivity index (χ0n) is 19.5. The van der Waals surface area contributed by atoms with Crippen molar-refractivity contribution in [3.05, 3.63) is 91.3 Å². The van der Waals surface area contributed by atoms with E-state index in [0.717, 1.165) is 5.56 Å². The second-order valence-electron chi connectivity index (χ2n) is 7.79. The summed E-state index contributed by atoms with van der Waals surface area (Å²) in [5.41, 5.74) is 2.13. The Morgan fingerprint density at radius 1 is 1.05 bits per heavy atom. The Kier molecular flexibility index (Phi) is 8.34. The van der Waals surface area contributed by atoms with Gasteiger partial charge in [-0.1, -0.05) is 40.9 Å². The lowest BCUT2D eigenvalue weighted by atomic mass is 10.1. The van der Waals surface area contributed by atoms with Crippen molar-refractivity contribution in [1.82, 2.24) is 4.90 Å². The number of thioether (sulfide) groups is 1. The van der Waals surface area contributed by atoms with Gasteiger partial charge >= 0.3 is 5.97 Å². The largest absolute Gasteiger partial charge is 0.493 e. The third kappa shape index (κ3) is 6.22. The van der Waals surface area contributed by atoms with Crippen LogP contribution >= 0.6 is 46.6 Å². The van der Waals surface area contributed by atoms with Crippen LogP contribution in [0.4, 0.5) is 5.69 Å². The maximum Gasteiger partial charge on any atom is 0.335 e. The van der Waals surface area contributed by atoms with Gasteiger partial charge in [-0.15, -0.1) is 0 Å². The summed E-state index contributed by atoms with van der Waals surface area (Å²) in [5, 5.41) is 10.7. The van der Waals surface area contributed by atoms with Crippen molar-refractivity contribution in [2.45, 2.75) is 6.61 Å². The maximum absolute atomic E-state index is 12.8. The lowest BCUT2D eigenvalue weighted by molar-refractivity contribution is -0.121. The topological polar surface area (TPSA) is 88.4 Å². The van der Waals surface area contributed by atoms with Crippen LogP contribution in [-0.2, 0) is 11.4 Å². The van der Waals surface area contributed by atoms with Crippen LogP contribution in [0.5, 0.6) is 11.5 Å². The summed E-state index contributed by atoms with van der Waals surface area (Å²) >= 11 is 19.7. The molecule has 1 aliphatic rings. The Labute approximate surface area is 232 Å². The average molecular weight is 578 g/mol. The number of benzene rings is 3. The van der Waals surface area contributed by atoms with Crippen molar-refractivity contribution < 1.29 is 24.2 Å². The summed E-state index contributed by atoms with van der Waals surface area (Å²) in [6.45, 7) is 0.194. The summed E-state index contributed by atoms with van der Waals surface area (Å²) in [7, 11) is 3.12. The first kappa shape index (κ1) is 26.9. The van der Waals surface area contributed by atoms with Crippen molar-refractivity contribution >= 4 is 75.4 Å². The van der Waals surface area contributed by atoms with Gasteiger partial charge in [-0.25, -0.2) is 9.79 Å². The van der Waals surface area contributed by atoms with E-state index in [9.17, 15) is 9.59 Å². The van der Waals surface area contributed by atoms with Gasteiger partial charge in [0, 0.05) is 7.05 Å². The standard InChI is InChI=1S/C26H19Cl3N2O5S/c1-31-24(32)22(37-26(31)30-17-6-4-16(5-7-17)25(33)34)12-15-10-20(29)23(21(11-15)35-2)36-13-14-3-8-18(27)19(28)9-14/h3-12H,13H2,1-2H3,(H,33,34)/b22-12-,30-26?. The number of ether oxygens (including phenoxy) is 2. The molecule has 7 nitrogen and oxygen atoms in total. The Morgan fingerprint density at radius 3 is 2.43 bits per heavy atom. The van der Waals surface area contributed by atoms with Gasteiger partial charge in [0.25, 0.3) is 5.91 Å². The highest BCUT2D eigenvalue weighted by molar-refractivity contribution is 8.18. The fourth-order valence-corrected chi connectivity index (χ4v) is 4.92. The number of methoxy groups -OCH3 is 1. The molecule has 1 N–H and O–H groups in total. The van der Waals surface area contributed by atoms with E-state index in [1.54, 1.807) is 55.6 Å². The number of carboxylic acid groups (broad SMARTS) is 1. The molecule has 0 saturated carbocycles. The first-order valence-corrected chi connectivity index (χ1v) is 12.6. The predicted molar refractivity (Wildman–Crippen MR) is 148 cm³/mol. The van der Waals surface area contributed by atoms with Crippen molar-refractivity contribution in [1.29, 1.82) is 0 Å². The van der Waals surface area contributed by atoms with Crippen molar-refractivity contribution in [2.75, 3.05) is 14.2 Å². The zero-order chi connectivity index (χ0) is 26.7. The minimum Gasteiger partial charge on any atom is -0.493 e. The minimum absolute atomic E-state index is 0.156. The molecule has 0 spiro atoms. The quantitative estimate of drug-likeness (QED) is 0.300. The normalized spacial score (nSPS) is 15.5. The number of carbonyl (C=O) groups excluding carboxylic acids is 1. The van der Waals surface area contributed by atoms with Gasteiger partial charge in [-0.3, -0.25) is 9.69 Å². The molecule has 3 aromatic rings. The molecule has 1 amide bonds. The summed E-state index contributed by atoms with van der Waals surface area (Å²) in [6.07, 6.45) is 1.69. The molecule has 0 radical (unpaired) electrons. The number of aromatic carboxylic acids is 1. The Morgan fingerprint density at radius 2 is 1.78 bits per heavy atom. The SMILES string of the molecule is COc1cc(/C=C2\SC(=Nc3ccc(C(=O)O)cc3)N(C)C2=O)cc(Cl)c1OCc1ccc(Cl)c(Cl)c1. The van der Waals surface area contributed by atoms with Crippen molar-refractivity contribution in [2.24, 2.45) is 4.99 Å². The molecule has 1 heterocycles. The fraction of sp³-hybridized carbons (Fsp3) is 0.115. The molecule has 3 aromatic carbocycles. The van der Waals surface area contributed by atoms with Gasteiger partial charge in [0.1, 0.15) is 6.61 Å². The van der Waals surface area contributed by atoms with Crippen molar-refractivity contribution in [3.8, 4) is 11.5 Å². The highest BCUT2D eigenvalue weighted by atomic mass is 35.5. The molecule has 0 bridgehead atoms. The van der Waals surface area contributed by atoms with Gasteiger partial charge in [0.15, 0.2) is 16.7 Å². The molecular formula is C26H19Cl3N2O5S. The number of likely N-dealkylation sites (N-methyl/N-ethyl adjacent to an activating group) is 1. The first-order chi connectivity index (χ1) is 17.7. The van der Waals surface area contributed by atoms with E-state index in [-0.39, 0.29) is 18.1 Å². The molecule has 1 fully saturated rings. The number of hydrogen-bond donors (Lipinski definition) is 1. The van der Waals surface area contributed by atoms with E-state index < -0.39 is 5.97 Å². The number of aliphatic imine (C=N–C) groups is 1. The molecule has 190 valence electrons. The minimum atomic E-state index is -1.02. The van der Waals surface area contributed by atoms with Gasteiger partial charge in [-0.05, 0) is 77.5 Å². The van der Waals surface area contributed by atoms with E-state index in [2.05, 4.69) is 4.99 Å². The molecular weight excluding hydrogens is 559 g/mol. The van der Waals surface area contributed by atoms with Crippen LogP contribution < -0.4 is 9.47 Å². The lowest BCUT2D eigenvalue weighted by Crippen LogP contribution is -2.23. The van der Waals surface area contributed by atoms with Crippen LogP contribution in [0.3, 0.4) is 0 Å². The van der Waals surface area contributed by atoms with Gasteiger partial charge in [0.05, 0.1) is 38.3 Å². The molecule has 37 heavy (non-hydrogen) atoms. The lowest BCUT2D eigenvalue weighted by Gasteiger charge is -2.14. The second-order valence-corrected chi connectivity index (χ2v) is 10.0. The smallest absolute Gasteiger partial charge is 0.335 e. The molecule has 1 saturated heterocycles. The predicted octanol–water partition coefficient (Wildman–Crippen LogP) is 7.17. The van der Waals surface area contributed by atoms with Crippen LogP contribution in [0.25, 0.3) is 6.08 Å². The molecule has 4 rings (SSSR count). The summed E-state index contributed by atoms with van der Waals surface area (Å²) in [6, 6.07) is 14.7. The van der Waals surface area contributed by atoms with Gasteiger partial charge in [0.2, 0.25) is 0 Å². The summed E-state index contributed by atoms with van der Waals surface area (Å²) in [5.74, 6) is -0.504. The number of carboxylic acids is 1. The van der Waals surface area contributed by atoms with Crippen LogP contribution in [-0.4, -0.2) is 41.2 Å². The van der Waals surface area contributed by atoms with Crippen LogP contribution in [0.15, 0.2) is 64.5 Å². The molecule has 11 heteroatoms. The van der Waals surface area contributed by atoms with E-state index in [0.29, 0.717) is 47.9 Å². The number of carbonyl (C=O) groups is 2. The van der Waals surface area contributed by atoms with E-state index >= 15 is 0 Å². The maximum atomic E-state index is 12.8. The summed E-state index contributed by atoms with van der Waals surface area (Å²) in [4.78, 5) is 30.2. The molecule has 1 aliphatic heterocycles. The Bertz CT molecular complexity index is 1440. The third-order valence-electron chi connectivity index (χ3n) is 5.26. The third-order valence-corrected chi connectivity index (χ3v) is 7.34. The number of hydrogen-bond acceptors (Lipinski definition) is 6. The van der Waals surface area contributed by atoms with Crippen LogP contribution in [0.1, 0.15) is 21.5 Å². The number of rotatable bonds is 7. The van der Waals surface area contributed by atoms with Crippen molar-refractivity contribution in [3.63, 3.8) is 0 Å². The number of amidine groups is 1. The first-order valence-electron chi connectivity index (χ1n) is 10.7. The molecule has 0 atom stereocenters. The highest BCUT2D eigenvalue weighted by Gasteiger charge is 2.30. The summed E-state index contributed by atoms with van der Waals surface area (Å²) < 4.78 is 11.4. The van der Waals surface area contributed by atoms with Gasteiger partial charge in [-0.2, -0.15) is 0 Å². The van der Waals surface area contributed by atoms with Gasteiger partial charge < -0.3 is 14.6 Å². The van der Waals surface area contributed by atoms with E-state index in [1.807, 2.05) is 0 Å². The van der Waals surface area contributed by atoms with E-state index in [1.165, 1.54) is 35.9 Å². The van der Waals surface area contributed by atoms with Crippen LogP contribution in [0.2, 0.25) is 15.1 Å². The Balaban J connectivity index is 1.55. The zero-order valence-corrected chi connectivity index (χ0v) is 22.6. The van der Waals surface area contributed by atoms with E-state index in [4.69, 9.17) is 49.4 Å². The highest BCUT2D eigenvalue weighted by Crippen LogP contribution is 2.39. The molecule has 0 aromatic heterocycles. The Hall–Kier alpha value is -3.17. The number of nitrogens with zero attached hydrogens (tertiary/aromatic N) is 2. The fourth-order valence-electron chi connectivity index (χ4n) is 3.34. The monoisotopic (exact) mass is 576 g/mol. The number of amides is 1. The molecule has 0 unspecified atom stereocenters. The van der Waals surface area contributed by atoms with Crippen LogP contribution in [0, 0.1) is 0 Å². The molecule has 0 aliphatic carbocycles. The number of halogens is 3. The average Bonchev–Trinajstić information content (AvgIpc) is 3.13.